The third-order valence-corrected chi connectivity index (χ3v) is 1.99. The minimum absolute atomic E-state index is 0.526. The maximum atomic E-state index is 4.06. The van der Waals surface area contributed by atoms with Crippen LogP contribution in [0.25, 0.3) is 17.2 Å². The lowest BCUT2D eigenvalue weighted by Crippen LogP contribution is -1.90. The average molecular weight is 187 g/mol. The molecular formula is C11H13N3. The molecule has 1 aromatic carbocycles. The molecule has 0 saturated carbocycles. The molecule has 2 aromatic rings. The summed E-state index contributed by atoms with van der Waals surface area (Å²) in [6, 6.07) is 7.93. The zero-order valence-electron chi connectivity index (χ0n) is 8.38. The van der Waals surface area contributed by atoms with Crippen molar-refractivity contribution in [2.45, 2.75) is 13.8 Å². The molecule has 0 fully saturated rings. The first-order valence-corrected chi connectivity index (χ1v) is 4.75. The van der Waals surface area contributed by atoms with Crippen molar-refractivity contribution in [3.63, 3.8) is 0 Å². The quantitative estimate of drug-likeness (QED) is 0.723. The molecule has 3 nitrogen and oxygen atoms in total. The highest BCUT2D eigenvalue weighted by atomic mass is 15.4. The number of fused-ring (bicyclic) bond motifs is 1. The molecule has 0 atom stereocenters. The Kier molecular flexibility index (Phi) is 2.31. The zero-order valence-corrected chi connectivity index (χ0v) is 8.38. The topological polar surface area (TPSA) is 30.7 Å². The number of allylic oxidation sites excluding steroid dienone is 1. The molecule has 0 aliphatic rings. The fourth-order valence-electron chi connectivity index (χ4n) is 1.25. The van der Waals surface area contributed by atoms with E-state index in [4.69, 9.17) is 0 Å². The summed E-state index contributed by atoms with van der Waals surface area (Å²) in [7, 11) is 0. The first kappa shape index (κ1) is 8.94. The van der Waals surface area contributed by atoms with E-state index in [2.05, 4.69) is 30.2 Å². The molecule has 0 bridgehead atoms. The number of rotatable bonds is 2. The maximum absolute atomic E-state index is 4.06. The van der Waals surface area contributed by atoms with Crippen molar-refractivity contribution < 1.29 is 0 Å². The van der Waals surface area contributed by atoms with Crippen LogP contribution in [-0.2, 0) is 0 Å². The van der Waals surface area contributed by atoms with E-state index in [0.717, 1.165) is 11.0 Å². The third-order valence-electron chi connectivity index (χ3n) is 1.99. The molecule has 1 aromatic heterocycles. The number of nitrogens with zero attached hydrogens (tertiary/aromatic N) is 3. The molecule has 0 unspecified atom stereocenters. The van der Waals surface area contributed by atoms with Gasteiger partial charge in [0.05, 0.1) is 5.52 Å². The van der Waals surface area contributed by atoms with E-state index in [1.54, 1.807) is 4.68 Å². The van der Waals surface area contributed by atoms with Crippen molar-refractivity contribution in [1.82, 2.24) is 15.0 Å². The van der Waals surface area contributed by atoms with Crippen LogP contribution in [0, 0.1) is 5.92 Å². The Bertz CT molecular complexity index is 454. The summed E-state index contributed by atoms with van der Waals surface area (Å²) in [6.07, 6.45) is 4.06. The van der Waals surface area contributed by atoms with Crippen molar-refractivity contribution in [1.29, 1.82) is 0 Å². The van der Waals surface area contributed by atoms with Crippen molar-refractivity contribution in [2.24, 2.45) is 5.92 Å². The van der Waals surface area contributed by atoms with Crippen molar-refractivity contribution in [3.05, 3.63) is 30.3 Å². The molecule has 0 N–H and O–H groups in total. The summed E-state index contributed by atoms with van der Waals surface area (Å²) in [4.78, 5) is 0. The van der Waals surface area contributed by atoms with Crippen LogP contribution in [0.3, 0.4) is 0 Å². The molecule has 0 saturated heterocycles. The van der Waals surface area contributed by atoms with Crippen LogP contribution in [0.5, 0.6) is 0 Å². The highest BCUT2D eigenvalue weighted by Crippen LogP contribution is 2.10. The van der Waals surface area contributed by atoms with Crippen molar-refractivity contribution >= 4 is 17.2 Å². The van der Waals surface area contributed by atoms with Gasteiger partial charge in [-0.15, -0.1) is 5.10 Å². The standard InChI is InChI=1S/C11H13N3/c1-9(2)7-8-14-11-6-4-3-5-10(11)12-13-14/h3-9H,1-2H3/b8-7+. The molecule has 0 aliphatic carbocycles. The van der Waals surface area contributed by atoms with Crippen LogP contribution >= 0.6 is 0 Å². The van der Waals surface area contributed by atoms with Gasteiger partial charge in [-0.1, -0.05) is 37.3 Å². The number of hydrogen-bond acceptors (Lipinski definition) is 2. The fraction of sp³-hybridized carbons (Fsp3) is 0.273. The molecular weight excluding hydrogens is 174 g/mol. The van der Waals surface area contributed by atoms with Crippen LogP contribution in [0.2, 0.25) is 0 Å². The Labute approximate surface area is 83.0 Å². The molecule has 0 amide bonds. The van der Waals surface area contributed by atoms with Crippen molar-refractivity contribution in [2.75, 3.05) is 0 Å². The van der Waals surface area contributed by atoms with Gasteiger partial charge in [-0.05, 0) is 18.1 Å². The average Bonchev–Trinajstić information content (AvgIpc) is 2.58. The molecule has 2 rings (SSSR count). The predicted octanol–water partition coefficient (Wildman–Crippen LogP) is 2.56. The maximum Gasteiger partial charge on any atom is 0.113 e. The Morgan fingerprint density at radius 3 is 2.86 bits per heavy atom. The fourth-order valence-corrected chi connectivity index (χ4v) is 1.25. The second-order valence-corrected chi connectivity index (χ2v) is 3.61. The summed E-state index contributed by atoms with van der Waals surface area (Å²) in [6.45, 7) is 4.27. The molecule has 3 heteroatoms. The zero-order chi connectivity index (χ0) is 9.97. The van der Waals surface area contributed by atoms with E-state index in [1.807, 2.05) is 30.5 Å². The molecule has 0 radical (unpaired) electrons. The summed E-state index contributed by atoms with van der Waals surface area (Å²) >= 11 is 0. The van der Waals surface area contributed by atoms with Gasteiger partial charge in [0.2, 0.25) is 0 Å². The normalized spacial score (nSPS) is 11.9. The molecule has 0 spiro atoms. The monoisotopic (exact) mass is 187 g/mol. The van der Waals surface area contributed by atoms with Gasteiger partial charge in [-0.3, -0.25) is 0 Å². The van der Waals surface area contributed by atoms with Crippen LogP contribution in [-0.4, -0.2) is 15.0 Å². The van der Waals surface area contributed by atoms with E-state index in [0.29, 0.717) is 5.92 Å². The number of hydrogen-bond donors (Lipinski definition) is 0. The Hall–Kier alpha value is -1.64. The van der Waals surface area contributed by atoms with Gasteiger partial charge < -0.3 is 0 Å². The van der Waals surface area contributed by atoms with Crippen LogP contribution in [0.1, 0.15) is 13.8 Å². The van der Waals surface area contributed by atoms with Gasteiger partial charge in [0, 0.05) is 6.20 Å². The second-order valence-electron chi connectivity index (χ2n) is 3.61. The second kappa shape index (κ2) is 3.62. The van der Waals surface area contributed by atoms with E-state index in [-0.39, 0.29) is 0 Å². The highest BCUT2D eigenvalue weighted by Gasteiger charge is 1.99. The van der Waals surface area contributed by atoms with Gasteiger partial charge in [0.1, 0.15) is 5.52 Å². The minimum atomic E-state index is 0.526. The molecule has 72 valence electrons. The lowest BCUT2D eigenvalue weighted by atomic mass is 10.2. The van der Waals surface area contributed by atoms with Crippen molar-refractivity contribution in [3.8, 4) is 0 Å². The van der Waals surface area contributed by atoms with E-state index in [9.17, 15) is 0 Å². The Morgan fingerprint density at radius 1 is 1.29 bits per heavy atom. The SMILES string of the molecule is CC(C)/C=C/n1nnc2ccccc21. The lowest BCUT2D eigenvalue weighted by Gasteiger charge is -1.95. The number of benzene rings is 1. The highest BCUT2D eigenvalue weighted by molar-refractivity contribution is 5.75. The Morgan fingerprint density at radius 2 is 2.07 bits per heavy atom. The van der Waals surface area contributed by atoms with Gasteiger partial charge >= 0.3 is 0 Å². The molecule has 14 heavy (non-hydrogen) atoms. The van der Waals surface area contributed by atoms with Crippen LogP contribution in [0.4, 0.5) is 0 Å². The summed E-state index contributed by atoms with van der Waals surface area (Å²) in [5, 5.41) is 8.11. The van der Waals surface area contributed by atoms with E-state index < -0.39 is 0 Å². The largest absolute Gasteiger partial charge is 0.220 e. The van der Waals surface area contributed by atoms with Gasteiger partial charge in [-0.2, -0.15) is 0 Å². The lowest BCUT2D eigenvalue weighted by molar-refractivity contribution is 0.812. The first-order valence-electron chi connectivity index (χ1n) is 4.75. The Balaban J connectivity index is 2.43. The van der Waals surface area contributed by atoms with E-state index in [1.165, 1.54) is 0 Å². The molecule has 1 heterocycles. The predicted molar refractivity (Wildman–Crippen MR) is 57.7 cm³/mol. The minimum Gasteiger partial charge on any atom is -0.220 e. The summed E-state index contributed by atoms with van der Waals surface area (Å²) in [5.74, 6) is 0.526. The van der Waals surface area contributed by atoms with Gasteiger partial charge in [0.25, 0.3) is 0 Å². The molecule has 0 aliphatic heterocycles. The summed E-state index contributed by atoms with van der Waals surface area (Å²) < 4.78 is 1.80. The summed E-state index contributed by atoms with van der Waals surface area (Å²) in [5.41, 5.74) is 1.98. The van der Waals surface area contributed by atoms with E-state index >= 15 is 0 Å². The van der Waals surface area contributed by atoms with Crippen LogP contribution in [0.15, 0.2) is 30.3 Å². The smallest absolute Gasteiger partial charge is 0.113 e. The third kappa shape index (κ3) is 1.66. The number of para-hydroxylation sites is 1. The van der Waals surface area contributed by atoms with Gasteiger partial charge in [0.15, 0.2) is 0 Å². The van der Waals surface area contributed by atoms with Crippen LogP contribution < -0.4 is 0 Å². The first-order chi connectivity index (χ1) is 6.77. The number of aromatic nitrogens is 3. The van der Waals surface area contributed by atoms with Gasteiger partial charge in [-0.25, -0.2) is 4.68 Å².